The van der Waals surface area contributed by atoms with E-state index in [-0.39, 0.29) is 0 Å². The molecule has 0 aromatic heterocycles. The van der Waals surface area contributed by atoms with E-state index in [1.54, 1.807) is 7.11 Å². The van der Waals surface area contributed by atoms with E-state index in [4.69, 9.17) is 4.74 Å². The molecule has 16 heavy (non-hydrogen) atoms. The first-order valence-corrected chi connectivity index (χ1v) is 6.45. The molecule has 1 N–H and O–H groups in total. The minimum Gasteiger partial charge on any atom is -0.389 e. The maximum Gasteiger partial charge on any atom is 0.0718 e. The van der Waals surface area contributed by atoms with Gasteiger partial charge in [0.1, 0.15) is 0 Å². The molecule has 2 unspecified atom stereocenters. The highest BCUT2D eigenvalue weighted by molar-refractivity contribution is 4.83. The van der Waals surface area contributed by atoms with Crippen LogP contribution in [0.4, 0.5) is 0 Å². The largest absolute Gasteiger partial charge is 0.389 e. The Kier molecular flexibility index (Phi) is 5.22. The molecule has 0 amide bonds. The third kappa shape index (κ3) is 4.40. The van der Waals surface area contributed by atoms with E-state index in [1.807, 2.05) is 13.8 Å². The second-order valence-corrected chi connectivity index (χ2v) is 5.55. The molecule has 1 rings (SSSR count). The van der Waals surface area contributed by atoms with E-state index in [0.29, 0.717) is 12.1 Å². The van der Waals surface area contributed by atoms with Crippen molar-refractivity contribution in [2.24, 2.45) is 0 Å². The fourth-order valence-corrected chi connectivity index (χ4v) is 2.66. The maximum atomic E-state index is 9.90. The summed E-state index contributed by atoms with van der Waals surface area (Å²) >= 11 is 0. The molecule has 0 radical (unpaired) electrons. The van der Waals surface area contributed by atoms with E-state index in [9.17, 15) is 5.11 Å². The Morgan fingerprint density at radius 3 is 2.56 bits per heavy atom. The van der Waals surface area contributed by atoms with E-state index >= 15 is 0 Å². The number of ether oxygens (including phenoxy) is 1. The van der Waals surface area contributed by atoms with Gasteiger partial charge in [-0.25, -0.2) is 0 Å². The molecule has 0 saturated heterocycles. The van der Waals surface area contributed by atoms with Crippen LogP contribution in [0.3, 0.4) is 0 Å². The number of hydrogen-bond acceptors (Lipinski definition) is 3. The van der Waals surface area contributed by atoms with Gasteiger partial charge in [-0.05, 0) is 46.1 Å². The average Bonchev–Trinajstić information content (AvgIpc) is 2.25. The Hall–Kier alpha value is -0.120. The van der Waals surface area contributed by atoms with Gasteiger partial charge in [0.15, 0.2) is 0 Å². The second-order valence-electron chi connectivity index (χ2n) is 5.55. The van der Waals surface area contributed by atoms with Gasteiger partial charge in [-0.15, -0.1) is 0 Å². The molecular formula is C13H27NO2. The molecule has 0 bridgehead atoms. The topological polar surface area (TPSA) is 32.7 Å². The van der Waals surface area contributed by atoms with Gasteiger partial charge < -0.3 is 9.84 Å². The molecule has 3 heteroatoms. The van der Waals surface area contributed by atoms with E-state index in [2.05, 4.69) is 11.8 Å². The lowest BCUT2D eigenvalue weighted by molar-refractivity contribution is -0.0105. The molecular weight excluding hydrogens is 202 g/mol. The van der Waals surface area contributed by atoms with Crippen molar-refractivity contribution in [2.45, 2.75) is 64.2 Å². The Morgan fingerprint density at radius 1 is 1.38 bits per heavy atom. The first kappa shape index (κ1) is 13.9. The third-order valence-corrected chi connectivity index (χ3v) is 3.44. The lowest BCUT2D eigenvalue weighted by atomic mass is 9.91. The summed E-state index contributed by atoms with van der Waals surface area (Å²) in [6.07, 6.45) is 5.19. The SMILES string of the molecule is CCN(CC(C)(C)O)C1CCCC(OC)C1. The summed E-state index contributed by atoms with van der Waals surface area (Å²) in [6.45, 7) is 7.69. The van der Waals surface area contributed by atoms with Crippen LogP contribution in [-0.4, -0.2) is 48.0 Å². The monoisotopic (exact) mass is 229 g/mol. The lowest BCUT2D eigenvalue weighted by Gasteiger charge is -2.39. The predicted molar refractivity (Wildman–Crippen MR) is 66.6 cm³/mol. The summed E-state index contributed by atoms with van der Waals surface area (Å²) in [5.74, 6) is 0. The molecule has 0 aromatic rings. The minimum atomic E-state index is -0.601. The Morgan fingerprint density at radius 2 is 2.06 bits per heavy atom. The first-order valence-electron chi connectivity index (χ1n) is 6.45. The summed E-state index contributed by atoms with van der Waals surface area (Å²) in [5, 5.41) is 9.90. The number of methoxy groups -OCH3 is 1. The fraction of sp³-hybridized carbons (Fsp3) is 1.00. The lowest BCUT2D eigenvalue weighted by Crippen LogP contribution is -2.47. The van der Waals surface area contributed by atoms with Crippen LogP contribution >= 0.6 is 0 Å². The van der Waals surface area contributed by atoms with Gasteiger partial charge in [0.05, 0.1) is 11.7 Å². The zero-order valence-electron chi connectivity index (χ0n) is 11.2. The normalized spacial score (nSPS) is 27.4. The number of aliphatic hydroxyl groups is 1. The van der Waals surface area contributed by atoms with Gasteiger partial charge in [0, 0.05) is 19.7 Å². The summed E-state index contributed by atoms with van der Waals surface area (Å²) in [6, 6.07) is 0.579. The fourth-order valence-electron chi connectivity index (χ4n) is 2.66. The van der Waals surface area contributed by atoms with E-state index in [1.165, 1.54) is 19.3 Å². The number of likely N-dealkylation sites (N-methyl/N-ethyl adjacent to an activating group) is 1. The second kappa shape index (κ2) is 5.99. The number of rotatable bonds is 5. The Labute approximate surface area is 99.8 Å². The molecule has 1 aliphatic rings. The van der Waals surface area contributed by atoms with Crippen LogP contribution in [0.15, 0.2) is 0 Å². The molecule has 1 aliphatic carbocycles. The van der Waals surface area contributed by atoms with Crippen molar-refractivity contribution in [1.82, 2.24) is 4.90 Å². The van der Waals surface area contributed by atoms with Crippen molar-refractivity contribution in [2.75, 3.05) is 20.2 Å². The van der Waals surface area contributed by atoms with Crippen molar-refractivity contribution in [1.29, 1.82) is 0 Å². The van der Waals surface area contributed by atoms with Crippen LogP contribution in [0.2, 0.25) is 0 Å². The standard InChI is InChI=1S/C13H27NO2/c1-5-14(10-13(2,3)15)11-7-6-8-12(9-11)16-4/h11-12,15H,5-10H2,1-4H3. The Balaban J connectivity index is 2.51. The maximum absolute atomic E-state index is 9.90. The highest BCUT2D eigenvalue weighted by Gasteiger charge is 2.28. The van der Waals surface area contributed by atoms with Crippen LogP contribution in [-0.2, 0) is 4.74 Å². The van der Waals surface area contributed by atoms with Crippen LogP contribution in [0, 0.1) is 0 Å². The smallest absolute Gasteiger partial charge is 0.0718 e. The van der Waals surface area contributed by atoms with E-state index in [0.717, 1.165) is 19.5 Å². The van der Waals surface area contributed by atoms with Crippen LogP contribution < -0.4 is 0 Å². The zero-order valence-corrected chi connectivity index (χ0v) is 11.2. The summed E-state index contributed by atoms with van der Waals surface area (Å²) in [7, 11) is 1.80. The summed E-state index contributed by atoms with van der Waals surface area (Å²) in [4.78, 5) is 2.39. The molecule has 2 atom stereocenters. The minimum absolute atomic E-state index is 0.412. The molecule has 3 nitrogen and oxygen atoms in total. The molecule has 96 valence electrons. The molecule has 0 heterocycles. The van der Waals surface area contributed by atoms with Crippen molar-refractivity contribution in [3.05, 3.63) is 0 Å². The molecule has 1 saturated carbocycles. The van der Waals surface area contributed by atoms with Gasteiger partial charge in [-0.1, -0.05) is 6.92 Å². The van der Waals surface area contributed by atoms with Crippen molar-refractivity contribution in [3.63, 3.8) is 0 Å². The van der Waals surface area contributed by atoms with Gasteiger partial charge in [-0.2, -0.15) is 0 Å². The number of hydrogen-bond donors (Lipinski definition) is 1. The van der Waals surface area contributed by atoms with Crippen LogP contribution in [0.5, 0.6) is 0 Å². The van der Waals surface area contributed by atoms with Gasteiger partial charge >= 0.3 is 0 Å². The molecule has 0 aliphatic heterocycles. The van der Waals surface area contributed by atoms with Crippen LogP contribution in [0.25, 0.3) is 0 Å². The zero-order chi connectivity index (χ0) is 12.2. The van der Waals surface area contributed by atoms with Crippen molar-refractivity contribution < 1.29 is 9.84 Å². The average molecular weight is 229 g/mol. The summed E-state index contributed by atoms with van der Waals surface area (Å²) in [5.41, 5.74) is -0.601. The molecule has 1 fully saturated rings. The molecule has 0 spiro atoms. The Bertz CT molecular complexity index is 201. The van der Waals surface area contributed by atoms with Crippen LogP contribution in [0.1, 0.15) is 46.5 Å². The highest BCUT2D eigenvalue weighted by atomic mass is 16.5. The quantitative estimate of drug-likeness (QED) is 0.783. The summed E-state index contributed by atoms with van der Waals surface area (Å²) < 4.78 is 5.46. The van der Waals surface area contributed by atoms with Gasteiger partial charge in [0.2, 0.25) is 0 Å². The van der Waals surface area contributed by atoms with Crippen molar-refractivity contribution in [3.8, 4) is 0 Å². The third-order valence-electron chi connectivity index (χ3n) is 3.44. The van der Waals surface area contributed by atoms with E-state index < -0.39 is 5.60 Å². The van der Waals surface area contributed by atoms with Gasteiger partial charge in [0.25, 0.3) is 0 Å². The first-order chi connectivity index (χ1) is 7.46. The van der Waals surface area contributed by atoms with Crippen molar-refractivity contribution >= 4 is 0 Å². The predicted octanol–water partition coefficient (Wildman–Crippen LogP) is 2.04. The molecule has 0 aromatic carbocycles. The number of nitrogens with zero attached hydrogens (tertiary/aromatic N) is 1. The highest BCUT2D eigenvalue weighted by Crippen LogP contribution is 2.25. The van der Waals surface area contributed by atoms with Gasteiger partial charge in [-0.3, -0.25) is 4.90 Å².